The SMILES string of the molecule is CC=C(C)C(=O)OC[C@H]1C2=C(C[C@H]3[C@H]4C5=C(C(=O)C(C)=C(OC)C5=O)[C@H](OC(C)=O)[C@@H]([C@H](C#N)N13)N4C)C(=O)C(C)=C(OC)C2=O. The molecule has 0 spiro atoms. The fourth-order valence-corrected chi connectivity index (χ4v) is 7.52. The molecule has 0 unspecified atom stereocenters. The summed E-state index contributed by atoms with van der Waals surface area (Å²) >= 11 is 0. The van der Waals surface area contributed by atoms with Crippen molar-refractivity contribution in [2.45, 2.75) is 77.4 Å². The lowest BCUT2D eigenvalue weighted by atomic mass is 9.66. The van der Waals surface area contributed by atoms with Gasteiger partial charge in [-0.25, -0.2) is 4.79 Å². The lowest BCUT2D eigenvalue weighted by Crippen LogP contribution is -2.77. The van der Waals surface area contributed by atoms with Crippen LogP contribution in [-0.4, -0.2) is 109 Å². The van der Waals surface area contributed by atoms with Gasteiger partial charge in [-0.3, -0.25) is 33.8 Å². The number of likely N-dealkylation sites (N-methyl/N-ethyl adjacent to an activating group) is 1. The minimum Gasteiger partial charge on any atom is -0.492 e. The molecular weight excluding hydrogens is 598 g/mol. The predicted molar refractivity (Wildman–Crippen MR) is 158 cm³/mol. The van der Waals surface area contributed by atoms with E-state index < -0.39 is 78.0 Å². The van der Waals surface area contributed by atoms with Crippen LogP contribution in [-0.2, 0) is 47.7 Å². The number of fused-ring (bicyclic) bond motifs is 5. The first-order chi connectivity index (χ1) is 21.8. The van der Waals surface area contributed by atoms with Crippen molar-refractivity contribution >= 4 is 35.1 Å². The first-order valence-electron chi connectivity index (χ1n) is 14.8. The minimum atomic E-state index is -1.34. The van der Waals surface area contributed by atoms with Crippen LogP contribution in [0.5, 0.6) is 0 Å². The first kappa shape index (κ1) is 32.7. The highest BCUT2D eigenvalue weighted by Gasteiger charge is 2.63. The van der Waals surface area contributed by atoms with Gasteiger partial charge in [0.2, 0.25) is 11.6 Å². The predicted octanol–water partition coefficient (Wildman–Crippen LogP) is 1.20. The summed E-state index contributed by atoms with van der Waals surface area (Å²) in [5, 5.41) is 10.8. The fourth-order valence-electron chi connectivity index (χ4n) is 7.52. The average molecular weight is 634 g/mol. The third-order valence-electron chi connectivity index (χ3n) is 9.66. The maximum Gasteiger partial charge on any atom is 0.333 e. The number of esters is 2. The first-order valence-corrected chi connectivity index (χ1v) is 14.8. The van der Waals surface area contributed by atoms with Crippen molar-refractivity contribution in [1.29, 1.82) is 5.26 Å². The van der Waals surface area contributed by atoms with E-state index in [4.69, 9.17) is 18.9 Å². The Hall–Kier alpha value is -4.67. The van der Waals surface area contributed by atoms with Gasteiger partial charge < -0.3 is 18.9 Å². The Morgan fingerprint density at radius 3 is 2.07 bits per heavy atom. The fraction of sp³-hybridized carbons (Fsp3) is 0.485. The number of Topliss-reactive ketones (excluding diaryl/α,β-unsaturated/α-hetero) is 4. The zero-order chi connectivity index (χ0) is 33.9. The van der Waals surface area contributed by atoms with E-state index in [2.05, 4.69) is 6.07 Å². The molecule has 0 saturated carbocycles. The number of carbonyl (C=O) groups is 6. The topological polar surface area (TPSA) is 170 Å². The summed E-state index contributed by atoms with van der Waals surface area (Å²) in [6.45, 7) is 6.89. The van der Waals surface area contributed by atoms with Crippen molar-refractivity contribution in [3.8, 4) is 6.07 Å². The van der Waals surface area contributed by atoms with Crippen molar-refractivity contribution in [3.63, 3.8) is 0 Å². The Bertz CT molecular complexity index is 1700. The second-order valence-electron chi connectivity index (χ2n) is 11.9. The zero-order valence-corrected chi connectivity index (χ0v) is 26.9. The van der Waals surface area contributed by atoms with Crippen molar-refractivity contribution in [2.24, 2.45) is 0 Å². The van der Waals surface area contributed by atoms with Crippen LogP contribution < -0.4 is 0 Å². The Balaban J connectivity index is 1.78. The summed E-state index contributed by atoms with van der Waals surface area (Å²) < 4.78 is 22.1. The number of rotatable bonds is 6. The molecule has 0 aromatic heterocycles. The third-order valence-corrected chi connectivity index (χ3v) is 9.66. The van der Waals surface area contributed by atoms with E-state index in [9.17, 15) is 34.0 Å². The Morgan fingerprint density at radius 1 is 0.935 bits per heavy atom. The molecule has 46 heavy (non-hydrogen) atoms. The van der Waals surface area contributed by atoms with Gasteiger partial charge in [0.25, 0.3) is 0 Å². The monoisotopic (exact) mass is 633 g/mol. The summed E-state index contributed by atoms with van der Waals surface area (Å²) in [6.07, 6.45) is 0.146. The summed E-state index contributed by atoms with van der Waals surface area (Å²) in [7, 11) is 4.20. The van der Waals surface area contributed by atoms with Crippen LogP contribution >= 0.6 is 0 Å². The van der Waals surface area contributed by atoms with E-state index in [1.165, 1.54) is 28.1 Å². The highest BCUT2D eigenvalue weighted by atomic mass is 16.5. The van der Waals surface area contributed by atoms with Gasteiger partial charge in [0.1, 0.15) is 18.8 Å². The van der Waals surface area contributed by atoms with Gasteiger partial charge in [-0.15, -0.1) is 0 Å². The highest BCUT2D eigenvalue weighted by molar-refractivity contribution is 6.26. The number of nitrogens with zero attached hydrogens (tertiary/aromatic N) is 3. The van der Waals surface area contributed by atoms with Gasteiger partial charge in [-0.2, -0.15) is 5.26 Å². The van der Waals surface area contributed by atoms with Crippen LogP contribution in [0.15, 0.2) is 56.6 Å². The number of carbonyl (C=O) groups excluding carboxylic acids is 6. The van der Waals surface area contributed by atoms with Gasteiger partial charge in [0, 0.05) is 46.4 Å². The molecule has 5 rings (SSSR count). The van der Waals surface area contributed by atoms with Crippen LogP contribution in [0.1, 0.15) is 41.0 Å². The smallest absolute Gasteiger partial charge is 0.333 e. The molecule has 2 bridgehead atoms. The molecule has 0 radical (unpaired) electrons. The maximum absolute atomic E-state index is 14.1. The molecule has 242 valence electrons. The molecule has 0 N–H and O–H groups in total. The Labute approximate surface area is 265 Å². The van der Waals surface area contributed by atoms with Crippen molar-refractivity contribution in [2.75, 3.05) is 27.9 Å². The molecule has 1 saturated heterocycles. The largest absolute Gasteiger partial charge is 0.492 e. The second kappa shape index (κ2) is 11.9. The molecule has 3 aliphatic heterocycles. The third kappa shape index (κ3) is 4.58. The summed E-state index contributed by atoms with van der Waals surface area (Å²) in [4.78, 5) is 84.5. The number of methoxy groups -OCH3 is 2. The zero-order valence-electron chi connectivity index (χ0n) is 26.9. The standard InChI is InChI=1S/C33H35N3O10/c1-9-13(2)33(42)45-12-20-21-17(26(38)14(3)30(43-7)28(21)40)10-18-24-22-23(27(39)15(4)31(44-8)29(22)41)32(46-16(5)37)25(35(24)6)19(11-34)36(18)20/h9,18-20,24-25,32H,10,12H2,1-8H3/t18-,19-,20-,24-,25+,32-/m0/s1. The molecule has 0 amide bonds. The Kier molecular flexibility index (Phi) is 8.48. The molecule has 13 heteroatoms. The number of hydrogen-bond donors (Lipinski definition) is 0. The van der Waals surface area contributed by atoms with Gasteiger partial charge in [-0.05, 0) is 41.2 Å². The molecule has 5 aliphatic rings. The van der Waals surface area contributed by atoms with Crippen LogP contribution in [0.4, 0.5) is 0 Å². The van der Waals surface area contributed by atoms with Gasteiger partial charge in [-0.1, -0.05) is 6.08 Å². The minimum absolute atomic E-state index is 0.0211. The van der Waals surface area contributed by atoms with E-state index in [1.807, 2.05) is 0 Å². The quantitative estimate of drug-likeness (QED) is 0.232. The van der Waals surface area contributed by atoms with E-state index in [0.717, 1.165) is 6.92 Å². The summed E-state index contributed by atoms with van der Waals surface area (Å²) in [5.41, 5.74) is 0.592. The van der Waals surface area contributed by atoms with Crippen molar-refractivity contribution in [3.05, 3.63) is 56.6 Å². The molecule has 3 heterocycles. The summed E-state index contributed by atoms with van der Waals surface area (Å²) in [6, 6.07) is -2.75. The molecule has 2 aliphatic carbocycles. The van der Waals surface area contributed by atoms with E-state index in [0.29, 0.717) is 5.57 Å². The van der Waals surface area contributed by atoms with Gasteiger partial charge in [0.15, 0.2) is 23.1 Å². The van der Waals surface area contributed by atoms with E-state index in [1.54, 1.807) is 36.8 Å². The van der Waals surface area contributed by atoms with Crippen LogP contribution in [0, 0.1) is 11.3 Å². The molecule has 13 nitrogen and oxygen atoms in total. The normalized spacial score (nSPS) is 30.1. The van der Waals surface area contributed by atoms with Crippen LogP contribution in [0.25, 0.3) is 0 Å². The van der Waals surface area contributed by atoms with Crippen LogP contribution in [0.2, 0.25) is 0 Å². The van der Waals surface area contributed by atoms with E-state index >= 15 is 0 Å². The maximum atomic E-state index is 14.1. The number of nitriles is 1. The average Bonchev–Trinajstić information content (AvgIpc) is 3.02. The summed E-state index contributed by atoms with van der Waals surface area (Å²) in [5.74, 6) is -3.91. The van der Waals surface area contributed by atoms with Crippen molar-refractivity contribution < 1.29 is 47.7 Å². The lowest BCUT2D eigenvalue weighted by molar-refractivity contribution is -0.160. The molecule has 0 aromatic carbocycles. The second-order valence-corrected chi connectivity index (χ2v) is 11.9. The molecule has 6 atom stereocenters. The number of allylic oxidation sites excluding steroid dienone is 5. The molecule has 1 fully saturated rings. The lowest BCUT2D eigenvalue weighted by Gasteiger charge is -2.61. The molecule has 0 aromatic rings. The molecular formula is C33H35N3O10. The Morgan fingerprint density at radius 2 is 1.52 bits per heavy atom. The van der Waals surface area contributed by atoms with Gasteiger partial charge >= 0.3 is 11.9 Å². The highest BCUT2D eigenvalue weighted by Crippen LogP contribution is 2.49. The van der Waals surface area contributed by atoms with Gasteiger partial charge in [0.05, 0.1) is 44.0 Å². The number of ether oxygens (including phenoxy) is 4. The van der Waals surface area contributed by atoms with Crippen LogP contribution in [0.3, 0.4) is 0 Å². The number of piperazine rings is 1. The van der Waals surface area contributed by atoms with E-state index in [-0.39, 0.29) is 51.4 Å². The number of hydrogen-bond acceptors (Lipinski definition) is 13. The number of ketones is 4. The van der Waals surface area contributed by atoms with Crippen molar-refractivity contribution in [1.82, 2.24) is 9.80 Å².